The Balaban J connectivity index is 1.98. The molecule has 0 amide bonds. The van der Waals surface area contributed by atoms with Crippen molar-refractivity contribution in [1.82, 2.24) is 0 Å². The van der Waals surface area contributed by atoms with E-state index in [2.05, 4.69) is 0 Å². The third-order valence-corrected chi connectivity index (χ3v) is 4.31. The number of carbonyl (C=O) groups excluding carboxylic acids is 2. The number of ether oxygens (including phenoxy) is 1. The number of hydrogen-bond donors (Lipinski definition) is 0. The van der Waals surface area contributed by atoms with Crippen LogP contribution in [0.5, 0.6) is 0 Å². The smallest absolute Gasteiger partial charge is 0.338 e. The molecule has 0 spiro atoms. The van der Waals surface area contributed by atoms with E-state index in [-0.39, 0.29) is 16.9 Å². The molecule has 126 valence electrons. The van der Waals surface area contributed by atoms with E-state index in [1.165, 1.54) is 24.3 Å². The first-order chi connectivity index (χ1) is 11.3. The third kappa shape index (κ3) is 5.18. The lowest BCUT2D eigenvalue weighted by atomic mass is 10.1. The first-order valence-electron chi connectivity index (χ1n) is 6.98. The Morgan fingerprint density at radius 1 is 1.04 bits per heavy atom. The second kappa shape index (κ2) is 7.59. The van der Waals surface area contributed by atoms with Crippen molar-refractivity contribution < 1.29 is 22.7 Å². The summed E-state index contributed by atoms with van der Waals surface area (Å²) in [6.45, 7) is -0.423. The molecule has 0 saturated heterocycles. The van der Waals surface area contributed by atoms with Gasteiger partial charge in [-0.2, -0.15) is 0 Å². The molecular formula is C17H15ClO5S. The number of hydrogen-bond acceptors (Lipinski definition) is 5. The molecular weight excluding hydrogens is 352 g/mol. The highest BCUT2D eigenvalue weighted by Crippen LogP contribution is 2.16. The van der Waals surface area contributed by atoms with E-state index >= 15 is 0 Å². The molecule has 2 aromatic carbocycles. The summed E-state index contributed by atoms with van der Waals surface area (Å²) >= 11 is 5.91. The van der Waals surface area contributed by atoms with E-state index in [0.717, 1.165) is 6.26 Å². The minimum Gasteiger partial charge on any atom is -0.454 e. The predicted octanol–water partition coefficient (Wildman–Crippen LogP) is 2.92. The zero-order valence-corrected chi connectivity index (χ0v) is 14.4. The van der Waals surface area contributed by atoms with Crippen molar-refractivity contribution in [2.75, 3.05) is 12.9 Å². The Bertz CT molecular complexity index is 857. The van der Waals surface area contributed by atoms with Gasteiger partial charge in [0.25, 0.3) is 0 Å². The lowest BCUT2D eigenvalue weighted by Gasteiger charge is -2.06. The second-order valence-electron chi connectivity index (χ2n) is 5.25. The van der Waals surface area contributed by atoms with E-state index in [0.29, 0.717) is 10.6 Å². The number of carbonyl (C=O) groups is 2. The Labute approximate surface area is 145 Å². The van der Waals surface area contributed by atoms with Crippen molar-refractivity contribution in [3.05, 3.63) is 70.2 Å². The average molecular weight is 367 g/mol. The van der Waals surface area contributed by atoms with Gasteiger partial charge in [0.15, 0.2) is 16.4 Å². The van der Waals surface area contributed by atoms with Crippen LogP contribution in [0.1, 0.15) is 26.3 Å². The molecule has 0 fully saturated rings. The molecule has 0 bridgehead atoms. The number of Topliss-reactive ketones (excluding diaryl/α,β-unsaturated/α-hetero) is 1. The van der Waals surface area contributed by atoms with Crippen molar-refractivity contribution in [3.63, 3.8) is 0 Å². The number of rotatable bonds is 6. The standard InChI is InChI=1S/C17H15ClO5S/c1-24(21,22)11-12-6-8-13(9-7-12)17(20)23-10-16(19)14-4-2-3-5-15(14)18/h2-9H,10-11H2,1H3. The highest BCUT2D eigenvalue weighted by Gasteiger charge is 2.14. The largest absolute Gasteiger partial charge is 0.454 e. The SMILES string of the molecule is CS(=O)(=O)Cc1ccc(C(=O)OCC(=O)c2ccccc2Cl)cc1. The maximum absolute atomic E-state index is 12.0. The molecule has 5 nitrogen and oxygen atoms in total. The summed E-state index contributed by atoms with van der Waals surface area (Å²) in [7, 11) is -3.14. The fraction of sp³-hybridized carbons (Fsp3) is 0.176. The van der Waals surface area contributed by atoms with E-state index < -0.39 is 28.2 Å². The van der Waals surface area contributed by atoms with Crippen LogP contribution in [0, 0.1) is 0 Å². The van der Waals surface area contributed by atoms with E-state index in [9.17, 15) is 18.0 Å². The Hall–Kier alpha value is -2.18. The molecule has 0 aliphatic heterocycles. The van der Waals surface area contributed by atoms with Crippen molar-refractivity contribution in [3.8, 4) is 0 Å². The van der Waals surface area contributed by atoms with Gasteiger partial charge in [-0.05, 0) is 29.8 Å². The summed E-state index contributed by atoms with van der Waals surface area (Å²) in [4.78, 5) is 23.9. The normalized spacial score (nSPS) is 11.1. The highest BCUT2D eigenvalue weighted by atomic mass is 35.5. The summed E-state index contributed by atoms with van der Waals surface area (Å²) in [5, 5.41) is 0.295. The fourth-order valence-electron chi connectivity index (χ4n) is 2.02. The van der Waals surface area contributed by atoms with Crippen molar-refractivity contribution in [2.24, 2.45) is 0 Å². The summed E-state index contributed by atoms with van der Waals surface area (Å²) in [5.74, 6) is -1.17. The van der Waals surface area contributed by atoms with Gasteiger partial charge in [0, 0.05) is 11.8 Å². The number of ketones is 1. The summed E-state index contributed by atoms with van der Waals surface area (Å²) in [6.07, 6.45) is 1.13. The molecule has 0 heterocycles. The molecule has 0 atom stereocenters. The van der Waals surface area contributed by atoms with Crippen molar-refractivity contribution in [2.45, 2.75) is 5.75 Å². The van der Waals surface area contributed by atoms with Gasteiger partial charge < -0.3 is 4.74 Å². The Morgan fingerprint density at radius 2 is 1.67 bits per heavy atom. The van der Waals surface area contributed by atoms with E-state index in [1.807, 2.05) is 0 Å². The second-order valence-corrected chi connectivity index (χ2v) is 7.79. The van der Waals surface area contributed by atoms with Gasteiger partial charge in [0.1, 0.15) is 0 Å². The first-order valence-corrected chi connectivity index (χ1v) is 9.41. The Kier molecular flexibility index (Phi) is 5.75. The maximum Gasteiger partial charge on any atom is 0.338 e. The van der Waals surface area contributed by atoms with Gasteiger partial charge in [-0.3, -0.25) is 4.79 Å². The van der Waals surface area contributed by atoms with Gasteiger partial charge in [-0.25, -0.2) is 13.2 Å². The zero-order chi connectivity index (χ0) is 17.7. The third-order valence-electron chi connectivity index (χ3n) is 3.13. The lowest BCUT2D eigenvalue weighted by molar-refractivity contribution is 0.0475. The summed E-state index contributed by atoms with van der Waals surface area (Å²) < 4.78 is 27.4. The number of sulfone groups is 1. The molecule has 2 aromatic rings. The predicted molar refractivity (Wildman–Crippen MR) is 91.1 cm³/mol. The molecule has 0 aromatic heterocycles. The van der Waals surface area contributed by atoms with Gasteiger partial charge in [0.05, 0.1) is 16.3 Å². The number of esters is 1. The maximum atomic E-state index is 12.0. The van der Waals surface area contributed by atoms with Crippen LogP contribution in [-0.2, 0) is 20.3 Å². The van der Waals surface area contributed by atoms with Crippen LogP contribution in [-0.4, -0.2) is 33.0 Å². The molecule has 0 N–H and O–H groups in total. The lowest BCUT2D eigenvalue weighted by Crippen LogP contribution is -2.14. The quantitative estimate of drug-likeness (QED) is 0.580. The van der Waals surface area contributed by atoms with Crippen molar-refractivity contribution >= 4 is 33.2 Å². The minimum absolute atomic E-state index is 0.104. The van der Waals surface area contributed by atoms with E-state index in [4.69, 9.17) is 16.3 Å². The highest BCUT2D eigenvalue weighted by molar-refractivity contribution is 7.89. The van der Waals surface area contributed by atoms with E-state index in [1.54, 1.807) is 24.3 Å². The minimum atomic E-state index is -3.14. The molecule has 0 radical (unpaired) electrons. The van der Waals surface area contributed by atoms with Crippen LogP contribution in [0.2, 0.25) is 5.02 Å². The average Bonchev–Trinajstić information content (AvgIpc) is 2.52. The van der Waals surface area contributed by atoms with Gasteiger partial charge in [-0.1, -0.05) is 35.9 Å². The van der Waals surface area contributed by atoms with Crippen LogP contribution >= 0.6 is 11.6 Å². The van der Waals surface area contributed by atoms with Crippen molar-refractivity contribution in [1.29, 1.82) is 0 Å². The van der Waals surface area contributed by atoms with Gasteiger partial charge in [-0.15, -0.1) is 0 Å². The first kappa shape index (κ1) is 18.2. The monoisotopic (exact) mass is 366 g/mol. The molecule has 24 heavy (non-hydrogen) atoms. The molecule has 0 unspecified atom stereocenters. The van der Waals surface area contributed by atoms with Crippen LogP contribution in [0.4, 0.5) is 0 Å². The van der Waals surface area contributed by atoms with Crippen LogP contribution < -0.4 is 0 Å². The number of halogens is 1. The molecule has 0 saturated carbocycles. The molecule has 0 aliphatic rings. The van der Waals surface area contributed by atoms with Crippen LogP contribution in [0.15, 0.2) is 48.5 Å². The molecule has 0 aliphatic carbocycles. The molecule has 7 heteroatoms. The number of benzene rings is 2. The zero-order valence-electron chi connectivity index (χ0n) is 12.9. The summed E-state index contributed by atoms with van der Waals surface area (Å²) in [6, 6.07) is 12.5. The van der Waals surface area contributed by atoms with Gasteiger partial charge >= 0.3 is 5.97 Å². The molecule has 2 rings (SSSR count). The van der Waals surface area contributed by atoms with Crippen LogP contribution in [0.25, 0.3) is 0 Å². The summed E-state index contributed by atoms with van der Waals surface area (Å²) in [5.41, 5.74) is 1.09. The fourth-order valence-corrected chi connectivity index (χ4v) is 3.06. The Morgan fingerprint density at radius 3 is 2.25 bits per heavy atom. The van der Waals surface area contributed by atoms with Gasteiger partial charge in [0.2, 0.25) is 5.78 Å². The topological polar surface area (TPSA) is 77.5 Å². The van der Waals surface area contributed by atoms with Crippen LogP contribution in [0.3, 0.4) is 0 Å².